The second kappa shape index (κ2) is 4.58. The summed E-state index contributed by atoms with van der Waals surface area (Å²) >= 11 is 5.79. The van der Waals surface area contributed by atoms with Gasteiger partial charge >= 0.3 is 12.1 Å². The lowest BCUT2D eigenvalue weighted by Crippen LogP contribution is -2.11. The fourth-order valence-electron chi connectivity index (χ4n) is 1.41. The van der Waals surface area contributed by atoms with Crippen molar-refractivity contribution in [2.45, 2.75) is 6.18 Å². The van der Waals surface area contributed by atoms with Crippen molar-refractivity contribution in [1.29, 1.82) is 0 Å². The van der Waals surface area contributed by atoms with Crippen LogP contribution in [0.5, 0.6) is 0 Å². The van der Waals surface area contributed by atoms with Crippen LogP contribution in [0.3, 0.4) is 0 Å². The summed E-state index contributed by atoms with van der Waals surface area (Å²) in [4.78, 5) is 13.9. The highest BCUT2D eigenvalue weighted by Gasteiger charge is 2.41. The smallest absolute Gasteiger partial charge is 0.437 e. The minimum atomic E-state index is -4.92. The van der Waals surface area contributed by atoms with Gasteiger partial charge in [0.1, 0.15) is 0 Å². The summed E-state index contributed by atoms with van der Waals surface area (Å²) in [6.45, 7) is 0. The van der Waals surface area contributed by atoms with E-state index in [4.69, 9.17) is 16.7 Å². The largest absolute Gasteiger partial charge is 0.475 e. The highest BCUT2D eigenvalue weighted by Crippen LogP contribution is 2.36. The Morgan fingerprint density at radius 1 is 1.32 bits per heavy atom. The minimum Gasteiger partial charge on any atom is -0.475 e. The molecule has 0 aliphatic carbocycles. The van der Waals surface area contributed by atoms with Gasteiger partial charge in [-0.3, -0.25) is 0 Å². The SMILES string of the molecule is O=C(O)c1oc(-c2ccccc2Cl)nc1C(F)(F)F. The number of halogens is 4. The molecule has 2 rings (SSSR count). The Morgan fingerprint density at radius 2 is 1.95 bits per heavy atom. The monoisotopic (exact) mass is 291 g/mol. The molecule has 0 atom stereocenters. The Morgan fingerprint density at radius 3 is 2.42 bits per heavy atom. The molecule has 0 fully saturated rings. The number of alkyl halides is 3. The number of hydrogen-bond acceptors (Lipinski definition) is 3. The molecule has 0 saturated heterocycles. The first-order valence-electron chi connectivity index (χ1n) is 4.87. The van der Waals surface area contributed by atoms with Crippen LogP contribution < -0.4 is 0 Å². The molecule has 8 heteroatoms. The molecule has 1 aromatic carbocycles. The highest BCUT2D eigenvalue weighted by atomic mass is 35.5. The fraction of sp³-hybridized carbons (Fsp3) is 0.0909. The molecule has 0 amide bonds. The van der Waals surface area contributed by atoms with E-state index in [1.807, 2.05) is 0 Å². The summed E-state index contributed by atoms with van der Waals surface area (Å²) in [5, 5.41) is 8.80. The van der Waals surface area contributed by atoms with E-state index >= 15 is 0 Å². The van der Waals surface area contributed by atoms with E-state index in [2.05, 4.69) is 9.40 Å². The van der Waals surface area contributed by atoms with Crippen LogP contribution in [-0.2, 0) is 6.18 Å². The van der Waals surface area contributed by atoms with Gasteiger partial charge in [-0.1, -0.05) is 23.7 Å². The third-order valence-corrected chi connectivity index (χ3v) is 2.52. The maximum Gasteiger partial charge on any atom is 0.437 e. The molecule has 0 bridgehead atoms. The Bertz CT molecular complexity index is 636. The lowest BCUT2D eigenvalue weighted by atomic mass is 10.2. The number of aromatic carboxylic acids is 1. The van der Waals surface area contributed by atoms with Crippen molar-refractivity contribution in [3.8, 4) is 11.5 Å². The number of carboxylic acids is 1. The van der Waals surface area contributed by atoms with Gasteiger partial charge in [0.05, 0.1) is 10.6 Å². The minimum absolute atomic E-state index is 0.0853. The number of hydrogen-bond donors (Lipinski definition) is 1. The Hall–Kier alpha value is -2.02. The van der Waals surface area contributed by atoms with Crippen LogP contribution in [0.1, 0.15) is 16.2 Å². The van der Waals surface area contributed by atoms with E-state index < -0.39 is 29.5 Å². The van der Waals surface area contributed by atoms with E-state index in [1.165, 1.54) is 18.2 Å². The molecule has 0 unspecified atom stereocenters. The molecule has 19 heavy (non-hydrogen) atoms. The van der Waals surface area contributed by atoms with Gasteiger partial charge in [0, 0.05) is 0 Å². The van der Waals surface area contributed by atoms with Crippen molar-refractivity contribution in [1.82, 2.24) is 4.98 Å². The lowest BCUT2D eigenvalue weighted by molar-refractivity contribution is -0.141. The van der Waals surface area contributed by atoms with E-state index in [0.29, 0.717) is 0 Å². The van der Waals surface area contributed by atoms with Crippen molar-refractivity contribution >= 4 is 17.6 Å². The van der Waals surface area contributed by atoms with Crippen LogP contribution in [0, 0.1) is 0 Å². The first-order valence-corrected chi connectivity index (χ1v) is 5.24. The normalized spacial score (nSPS) is 11.6. The Balaban J connectivity index is 2.62. The number of carbonyl (C=O) groups is 1. The molecule has 1 aromatic heterocycles. The molecule has 1 N–H and O–H groups in total. The van der Waals surface area contributed by atoms with Crippen molar-refractivity contribution in [3.05, 3.63) is 40.7 Å². The van der Waals surface area contributed by atoms with Crippen molar-refractivity contribution in [2.75, 3.05) is 0 Å². The number of rotatable bonds is 2. The number of aromatic nitrogens is 1. The first kappa shape index (κ1) is 13.4. The first-order chi connectivity index (χ1) is 8.80. The van der Waals surface area contributed by atoms with E-state index in [1.54, 1.807) is 6.07 Å². The summed E-state index contributed by atoms with van der Waals surface area (Å²) < 4.78 is 42.5. The third-order valence-electron chi connectivity index (χ3n) is 2.19. The summed E-state index contributed by atoms with van der Waals surface area (Å²) in [5.74, 6) is -3.60. The molecule has 0 aliphatic rings. The van der Waals surface area contributed by atoms with E-state index in [0.717, 1.165) is 0 Å². The van der Waals surface area contributed by atoms with Crippen molar-refractivity contribution in [2.24, 2.45) is 0 Å². The van der Waals surface area contributed by atoms with Crippen LogP contribution in [-0.4, -0.2) is 16.1 Å². The maximum atomic E-state index is 12.6. The average Bonchev–Trinajstić information content (AvgIpc) is 2.74. The van der Waals surface area contributed by atoms with Gasteiger partial charge in [0.25, 0.3) is 0 Å². The Labute approximate surface area is 109 Å². The van der Waals surface area contributed by atoms with Crippen LogP contribution >= 0.6 is 11.6 Å². The summed E-state index contributed by atoms with van der Waals surface area (Å²) in [7, 11) is 0. The zero-order valence-corrected chi connectivity index (χ0v) is 9.79. The second-order valence-corrected chi connectivity index (χ2v) is 3.89. The fourth-order valence-corrected chi connectivity index (χ4v) is 1.62. The predicted octanol–water partition coefficient (Wildman–Crippen LogP) is 3.71. The standard InChI is InChI=1S/C11H5ClF3NO3/c12-6-4-2-1-3-5(6)9-16-8(11(13,14)15)7(19-9)10(17)18/h1-4H,(H,17,18). The van der Waals surface area contributed by atoms with Gasteiger partial charge in [0.2, 0.25) is 11.7 Å². The van der Waals surface area contributed by atoms with Gasteiger partial charge in [-0.15, -0.1) is 0 Å². The molecule has 0 aliphatic heterocycles. The number of nitrogens with zero attached hydrogens (tertiary/aromatic N) is 1. The van der Waals surface area contributed by atoms with Crippen LogP contribution in [0.4, 0.5) is 13.2 Å². The van der Waals surface area contributed by atoms with Gasteiger partial charge in [-0.2, -0.15) is 13.2 Å². The Kier molecular flexibility index (Phi) is 3.23. The average molecular weight is 292 g/mol. The molecule has 100 valence electrons. The third kappa shape index (κ3) is 2.55. The molecule has 2 aromatic rings. The topological polar surface area (TPSA) is 63.3 Å². The summed E-state index contributed by atoms with van der Waals surface area (Å²) in [5.41, 5.74) is -1.50. The number of carboxylic acid groups (broad SMARTS) is 1. The molecule has 1 heterocycles. The van der Waals surface area contributed by atoms with E-state index in [9.17, 15) is 18.0 Å². The van der Waals surface area contributed by atoms with Crippen LogP contribution in [0.2, 0.25) is 5.02 Å². The summed E-state index contributed by atoms with van der Waals surface area (Å²) in [6.07, 6.45) is -4.92. The highest BCUT2D eigenvalue weighted by molar-refractivity contribution is 6.33. The molecular weight excluding hydrogens is 287 g/mol. The van der Waals surface area contributed by atoms with Crippen molar-refractivity contribution in [3.63, 3.8) is 0 Å². The van der Waals surface area contributed by atoms with Crippen molar-refractivity contribution < 1.29 is 27.5 Å². The van der Waals surface area contributed by atoms with Crippen LogP contribution in [0.25, 0.3) is 11.5 Å². The zero-order chi connectivity index (χ0) is 14.2. The zero-order valence-electron chi connectivity index (χ0n) is 9.03. The molecule has 0 spiro atoms. The van der Waals surface area contributed by atoms with Gasteiger partial charge < -0.3 is 9.52 Å². The van der Waals surface area contributed by atoms with Gasteiger partial charge in [0.15, 0.2) is 5.69 Å². The molecule has 4 nitrogen and oxygen atoms in total. The van der Waals surface area contributed by atoms with Crippen LogP contribution in [0.15, 0.2) is 28.7 Å². The summed E-state index contributed by atoms with van der Waals surface area (Å²) in [6, 6.07) is 5.88. The lowest BCUT2D eigenvalue weighted by Gasteiger charge is -2.00. The van der Waals surface area contributed by atoms with Gasteiger partial charge in [-0.25, -0.2) is 9.78 Å². The number of oxazole rings is 1. The number of benzene rings is 1. The molecule has 0 saturated carbocycles. The predicted molar refractivity (Wildman–Crippen MR) is 58.9 cm³/mol. The maximum absolute atomic E-state index is 12.6. The van der Waals surface area contributed by atoms with Gasteiger partial charge in [-0.05, 0) is 12.1 Å². The quantitative estimate of drug-likeness (QED) is 0.916. The molecular formula is C11H5ClF3NO3. The van der Waals surface area contributed by atoms with E-state index in [-0.39, 0.29) is 10.6 Å². The molecule has 0 radical (unpaired) electrons. The second-order valence-electron chi connectivity index (χ2n) is 3.48.